The summed E-state index contributed by atoms with van der Waals surface area (Å²) in [7, 11) is 0. The number of nitrogens with zero attached hydrogens (tertiary/aromatic N) is 3. The highest BCUT2D eigenvalue weighted by molar-refractivity contribution is 5.83. The maximum Gasteiger partial charge on any atom is 0.242 e. The summed E-state index contributed by atoms with van der Waals surface area (Å²) < 4.78 is 4.91. The van der Waals surface area contributed by atoms with E-state index in [1.165, 1.54) is 0 Å². The predicted octanol–water partition coefficient (Wildman–Crippen LogP) is 1.81. The zero-order valence-corrected chi connectivity index (χ0v) is 14.3. The molecule has 6 heteroatoms. The molecule has 1 aromatic heterocycles. The van der Waals surface area contributed by atoms with Crippen molar-refractivity contribution in [2.75, 3.05) is 26.2 Å². The van der Waals surface area contributed by atoms with Crippen LogP contribution in [0.25, 0.3) is 0 Å². The van der Waals surface area contributed by atoms with Crippen LogP contribution in [0, 0.1) is 0 Å². The van der Waals surface area contributed by atoms with Gasteiger partial charge in [-0.3, -0.25) is 14.6 Å². The fourth-order valence-electron chi connectivity index (χ4n) is 3.40. The zero-order valence-electron chi connectivity index (χ0n) is 14.3. The SMILES string of the molecule is O=C(NC1CC1)[C@@H](c1ccccc1)N1CCN(Cc2ccon2)CC1. The van der Waals surface area contributed by atoms with Crippen LogP contribution in [0.2, 0.25) is 0 Å². The molecular formula is C19H24N4O2. The number of carbonyl (C=O) groups is 1. The molecule has 0 unspecified atom stereocenters. The Hall–Kier alpha value is -2.18. The highest BCUT2D eigenvalue weighted by Crippen LogP contribution is 2.26. The summed E-state index contributed by atoms with van der Waals surface area (Å²) in [6.07, 6.45) is 3.83. The van der Waals surface area contributed by atoms with E-state index in [2.05, 4.69) is 32.4 Å². The van der Waals surface area contributed by atoms with Gasteiger partial charge in [-0.15, -0.1) is 0 Å². The second-order valence-corrected chi connectivity index (χ2v) is 6.90. The summed E-state index contributed by atoms with van der Waals surface area (Å²) in [5, 5.41) is 7.17. The molecule has 1 atom stereocenters. The van der Waals surface area contributed by atoms with Gasteiger partial charge in [0.2, 0.25) is 5.91 Å². The highest BCUT2D eigenvalue weighted by Gasteiger charge is 2.33. The second kappa shape index (κ2) is 7.37. The van der Waals surface area contributed by atoms with Crippen LogP contribution < -0.4 is 5.32 Å². The van der Waals surface area contributed by atoms with Gasteiger partial charge in [-0.2, -0.15) is 0 Å². The van der Waals surface area contributed by atoms with Crippen LogP contribution in [-0.2, 0) is 11.3 Å². The van der Waals surface area contributed by atoms with Gasteiger partial charge in [-0.1, -0.05) is 35.5 Å². The first-order valence-electron chi connectivity index (χ1n) is 9.00. The quantitative estimate of drug-likeness (QED) is 0.869. The van der Waals surface area contributed by atoms with Crippen LogP contribution in [0.1, 0.15) is 30.1 Å². The van der Waals surface area contributed by atoms with Gasteiger partial charge in [-0.05, 0) is 18.4 Å². The molecule has 1 saturated carbocycles. The molecule has 0 radical (unpaired) electrons. The fraction of sp³-hybridized carbons (Fsp3) is 0.474. The van der Waals surface area contributed by atoms with Crippen molar-refractivity contribution in [3.63, 3.8) is 0 Å². The van der Waals surface area contributed by atoms with Crippen molar-refractivity contribution in [3.05, 3.63) is 53.9 Å². The first-order valence-corrected chi connectivity index (χ1v) is 9.00. The molecule has 1 N–H and O–H groups in total. The Labute approximate surface area is 147 Å². The van der Waals surface area contributed by atoms with E-state index >= 15 is 0 Å². The van der Waals surface area contributed by atoms with Gasteiger partial charge in [0.25, 0.3) is 0 Å². The average molecular weight is 340 g/mol. The maximum atomic E-state index is 12.8. The number of nitrogens with one attached hydrogen (secondary N) is 1. The Morgan fingerprint density at radius 3 is 2.56 bits per heavy atom. The Kier molecular flexibility index (Phi) is 4.81. The van der Waals surface area contributed by atoms with Crippen molar-refractivity contribution in [1.82, 2.24) is 20.3 Å². The van der Waals surface area contributed by atoms with E-state index in [-0.39, 0.29) is 11.9 Å². The van der Waals surface area contributed by atoms with Crippen LogP contribution in [0.5, 0.6) is 0 Å². The van der Waals surface area contributed by atoms with Crippen molar-refractivity contribution in [2.45, 2.75) is 31.5 Å². The second-order valence-electron chi connectivity index (χ2n) is 6.90. The lowest BCUT2D eigenvalue weighted by Gasteiger charge is -2.38. The minimum absolute atomic E-state index is 0.138. The van der Waals surface area contributed by atoms with Crippen LogP contribution in [0.15, 0.2) is 47.2 Å². The maximum absolute atomic E-state index is 12.8. The van der Waals surface area contributed by atoms with Gasteiger partial charge in [0.05, 0.1) is 5.69 Å². The highest BCUT2D eigenvalue weighted by atomic mass is 16.5. The van der Waals surface area contributed by atoms with E-state index in [1.54, 1.807) is 6.26 Å². The van der Waals surface area contributed by atoms with Crippen LogP contribution in [0.3, 0.4) is 0 Å². The van der Waals surface area contributed by atoms with Crippen LogP contribution >= 0.6 is 0 Å². The molecule has 0 bridgehead atoms. The van der Waals surface area contributed by atoms with Crippen LogP contribution in [0.4, 0.5) is 0 Å². The monoisotopic (exact) mass is 340 g/mol. The normalized spacial score (nSPS) is 20.3. The van der Waals surface area contributed by atoms with Crippen molar-refractivity contribution in [1.29, 1.82) is 0 Å². The minimum Gasteiger partial charge on any atom is -0.364 e. The molecule has 25 heavy (non-hydrogen) atoms. The molecule has 6 nitrogen and oxygen atoms in total. The van der Waals surface area contributed by atoms with Crippen molar-refractivity contribution < 1.29 is 9.32 Å². The lowest BCUT2D eigenvalue weighted by atomic mass is 10.0. The first kappa shape index (κ1) is 16.3. The van der Waals surface area contributed by atoms with E-state index in [4.69, 9.17) is 4.52 Å². The summed E-state index contributed by atoms with van der Waals surface area (Å²) in [4.78, 5) is 17.5. The Bertz CT molecular complexity index is 677. The largest absolute Gasteiger partial charge is 0.364 e. The number of rotatable bonds is 6. The Morgan fingerprint density at radius 1 is 1.16 bits per heavy atom. The molecule has 4 rings (SSSR count). The summed E-state index contributed by atoms with van der Waals surface area (Å²) in [6.45, 7) is 4.39. The summed E-state index contributed by atoms with van der Waals surface area (Å²) in [5.41, 5.74) is 2.03. The third-order valence-corrected chi connectivity index (χ3v) is 4.94. The van der Waals surface area contributed by atoms with Crippen molar-refractivity contribution in [3.8, 4) is 0 Å². The minimum atomic E-state index is -0.198. The lowest BCUT2D eigenvalue weighted by Crippen LogP contribution is -2.51. The lowest BCUT2D eigenvalue weighted by molar-refractivity contribution is -0.127. The Morgan fingerprint density at radius 2 is 1.92 bits per heavy atom. The molecule has 2 aromatic rings. The molecule has 2 aliphatic rings. The van der Waals surface area contributed by atoms with Gasteiger partial charge in [0.1, 0.15) is 12.3 Å². The molecule has 1 aromatic carbocycles. The smallest absolute Gasteiger partial charge is 0.242 e. The molecule has 2 fully saturated rings. The van der Waals surface area contributed by atoms with E-state index < -0.39 is 0 Å². The molecule has 132 valence electrons. The summed E-state index contributed by atoms with van der Waals surface area (Å²) in [6, 6.07) is 12.2. The van der Waals surface area contributed by atoms with E-state index in [9.17, 15) is 4.79 Å². The van der Waals surface area contributed by atoms with Crippen molar-refractivity contribution >= 4 is 5.91 Å². The molecule has 1 aliphatic carbocycles. The van der Waals surface area contributed by atoms with E-state index in [0.717, 1.165) is 56.8 Å². The fourth-order valence-corrected chi connectivity index (χ4v) is 3.40. The van der Waals surface area contributed by atoms with E-state index in [1.807, 2.05) is 24.3 Å². The van der Waals surface area contributed by atoms with Gasteiger partial charge < -0.3 is 9.84 Å². The predicted molar refractivity (Wildman–Crippen MR) is 93.7 cm³/mol. The standard InChI is InChI=1S/C19H24N4O2/c24-19(20-16-6-7-16)18(15-4-2-1-3-5-15)23-11-9-22(10-12-23)14-17-8-13-25-21-17/h1-5,8,13,16,18H,6-7,9-12,14H2,(H,20,24)/t18-/m1/s1. The summed E-state index contributed by atoms with van der Waals surface area (Å²) >= 11 is 0. The molecule has 1 amide bonds. The number of hydrogen-bond acceptors (Lipinski definition) is 5. The van der Waals surface area contributed by atoms with Gasteiger partial charge in [-0.25, -0.2) is 0 Å². The third kappa shape index (κ3) is 4.08. The number of piperazine rings is 1. The number of hydrogen-bond donors (Lipinski definition) is 1. The molecule has 0 spiro atoms. The van der Waals surface area contributed by atoms with E-state index in [0.29, 0.717) is 6.04 Å². The van der Waals surface area contributed by atoms with Crippen LogP contribution in [-0.4, -0.2) is 53.1 Å². The van der Waals surface area contributed by atoms with Crippen molar-refractivity contribution in [2.24, 2.45) is 0 Å². The average Bonchev–Trinajstić information content (AvgIpc) is 3.30. The number of amides is 1. The van der Waals surface area contributed by atoms with Gasteiger partial charge >= 0.3 is 0 Å². The molecule has 1 saturated heterocycles. The molecular weight excluding hydrogens is 316 g/mol. The Balaban J connectivity index is 1.42. The number of carbonyl (C=O) groups excluding carboxylic acids is 1. The summed E-state index contributed by atoms with van der Waals surface area (Å²) in [5.74, 6) is 0.138. The van der Waals surface area contributed by atoms with Gasteiger partial charge in [0.15, 0.2) is 0 Å². The number of benzene rings is 1. The topological polar surface area (TPSA) is 61.6 Å². The third-order valence-electron chi connectivity index (χ3n) is 4.94. The molecule has 2 heterocycles. The zero-order chi connectivity index (χ0) is 17.1. The number of aromatic nitrogens is 1. The molecule has 1 aliphatic heterocycles. The van der Waals surface area contributed by atoms with Gasteiger partial charge in [0, 0.05) is 44.8 Å². The first-order chi connectivity index (χ1) is 12.3.